The molecule has 2 rings (SSSR count). The van der Waals surface area contributed by atoms with Crippen molar-refractivity contribution >= 4 is 13.1 Å². The van der Waals surface area contributed by atoms with Crippen LogP contribution in [0.1, 0.15) is 65.5 Å². The van der Waals surface area contributed by atoms with E-state index >= 15 is 0 Å². The average molecular weight is 541 g/mol. The maximum absolute atomic E-state index is 8.75. The number of nitrogens with one attached hydrogen (secondary N) is 1. The molecule has 0 saturated carbocycles. The van der Waals surface area contributed by atoms with E-state index in [9.17, 15) is 0 Å². The number of allylic oxidation sites excluding steroid dienone is 5. The first kappa shape index (κ1) is 37.6. The van der Waals surface area contributed by atoms with E-state index < -0.39 is 0 Å². The van der Waals surface area contributed by atoms with Gasteiger partial charge in [0.15, 0.2) is 0 Å². The van der Waals surface area contributed by atoms with Gasteiger partial charge in [0.1, 0.15) is 5.75 Å². The molecular formula is C32H52N4O3. The summed E-state index contributed by atoms with van der Waals surface area (Å²) in [6.07, 6.45) is 15.1. The van der Waals surface area contributed by atoms with Crippen molar-refractivity contribution in [2.75, 3.05) is 19.7 Å². The van der Waals surface area contributed by atoms with Gasteiger partial charge in [0.05, 0.1) is 11.8 Å². The Hall–Kier alpha value is -3.58. The van der Waals surface area contributed by atoms with Gasteiger partial charge in [0, 0.05) is 44.2 Å². The van der Waals surface area contributed by atoms with E-state index in [0.29, 0.717) is 0 Å². The zero-order valence-corrected chi connectivity index (χ0v) is 25.2. The molecule has 218 valence electrons. The van der Waals surface area contributed by atoms with Crippen LogP contribution in [-0.2, 0) is 11.2 Å². The average Bonchev–Trinajstić information content (AvgIpc) is 2.90. The lowest BCUT2D eigenvalue weighted by atomic mass is 10.1. The van der Waals surface area contributed by atoms with Gasteiger partial charge in [-0.05, 0) is 83.5 Å². The van der Waals surface area contributed by atoms with E-state index in [1.165, 1.54) is 16.7 Å². The second kappa shape index (κ2) is 24.7. The SMILES string of the molecule is C=C/C=C(/C)NCC/C(=C/N1C=CC=C(C)C1)N=C.CC.Cc1cc(CCCO)ccc1OC(C)C.NC=O. The highest BCUT2D eigenvalue weighted by Gasteiger charge is 2.04. The van der Waals surface area contributed by atoms with Crippen LogP contribution < -0.4 is 15.8 Å². The Kier molecular flexibility index (Phi) is 23.8. The Balaban J connectivity index is 0. The summed E-state index contributed by atoms with van der Waals surface area (Å²) in [6, 6.07) is 6.22. The maximum atomic E-state index is 8.75. The minimum Gasteiger partial charge on any atom is -0.491 e. The number of benzene rings is 1. The number of aliphatic hydroxyl groups excluding tert-OH is 1. The molecule has 0 unspecified atom stereocenters. The number of nitrogens with zero attached hydrogens (tertiary/aromatic N) is 2. The topological polar surface area (TPSA) is 100 Å². The summed E-state index contributed by atoms with van der Waals surface area (Å²) in [5.74, 6) is 0.956. The highest BCUT2D eigenvalue weighted by atomic mass is 16.5. The molecule has 1 aliphatic rings. The lowest BCUT2D eigenvalue weighted by Crippen LogP contribution is -2.17. The molecule has 0 atom stereocenters. The van der Waals surface area contributed by atoms with Gasteiger partial charge >= 0.3 is 0 Å². The summed E-state index contributed by atoms with van der Waals surface area (Å²) >= 11 is 0. The van der Waals surface area contributed by atoms with Crippen LogP contribution in [0, 0.1) is 6.92 Å². The zero-order chi connectivity index (χ0) is 30.1. The third-order valence-electron chi connectivity index (χ3n) is 4.99. The van der Waals surface area contributed by atoms with Crippen LogP contribution in [0.3, 0.4) is 0 Å². The van der Waals surface area contributed by atoms with Crippen LogP contribution in [0.2, 0.25) is 0 Å². The molecule has 7 nitrogen and oxygen atoms in total. The second-order valence-electron chi connectivity index (χ2n) is 8.80. The minimum atomic E-state index is 0.215. The third-order valence-corrected chi connectivity index (χ3v) is 4.99. The standard InChI is InChI=1S/C16H23N3.C13H20O2.C2H6.CH3NO/c1-5-7-15(3)18-10-9-16(17-4)13-19-11-6-8-14(2)12-19;1-10(2)15-13-7-6-12(5-4-8-14)9-11(13)3;1-2;2-1-3/h5-8,11,13,18H,1,4,9-10,12H2,2-3H3;6-7,9-10,14H,4-5,8H2,1-3H3;1-2H3;1H,(H2,2,3)/b15-7-,16-13-;;;. The molecule has 0 bridgehead atoms. The highest BCUT2D eigenvalue weighted by Crippen LogP contribution is 2.21. The van der Waals surface area contributed by atoms with E-state index in [0.717, 1.165) is 49.5 Å². The second-order valence-corrected chi connectivity index (χ2v) is 8.80. The van der Waals surface area contributed by atoms with Gasteiger partial charge in [-0.25, -0.2) is 0 Å². The summed E-state index contributed by atoms with van der Waals surface area (Å²) in [7, 11) is 0. The summed E-state index contributed by atoms with van der Waals surface area (Å²) in [5.41, 5.74) is 10.0. The van der Waals surface area contributed by atoms with Crippen molar-refractivity contribution in [1.29, 1.82) is 0 Å². The molecule has 0 spiro atoms. The first-order chi connectivity index (χ1) is 18.7. The number of rotatable bonds is 12. The van der Waals surface area contributed by atoms with Crippen molar-refractivity contribution in [2.24, 2.45) is 10.7 Å². The molecular weight excluding hydrogens is 488 g/mol. The third kappa shape index (κ3) is 20.1. The van der Waals surface area contributed by atoms with E-state index in [-0.39, 0.29) is 19.1 Å². The predicted octanol–water partition coefficient (Wildman–Crippen LogP) is 6.21. The Bertz CT molecular complexity index is 947. The van der Waals surface area contributed by atoms with Crippen molar-refractivity contribution in [1.82, 2.24) is 10.2 Å². The van der Waals surface area contributed by atoms with Crippen molar-refractivity contribution in [3.63, 3.8) is 0 Å². The molecule has 4 N–H and O–H groups in total. The van der Waals surface area contributed by atoms with Crippen LogP contribution in [-0.4, -0.2) is 48.9 Å². The Morgan fingerprint density at radius 1 is 1.31 bits per heavy atom. The normalized spacial score (nSPS) is 12.4. The quantitative estimate of drug-likeness (QED) is 0.166. The number of hydrogen-bond acceptors (Lipinski definition) is 6. The number of carbonyl (C=O) groups excluding carboxylic acids is 1. The van der Waals surface area contributed by atoms with Crippen molar-refractivity contribution in [2.45, 2.75) is 73.8 Å². The molecule has 0 aliphatic carbocycles. The maximum Gasteiger partial charge on any atom is 0.204 e. The smallest absolute Gasteiger partial charge is 0.204 e. The molecule has 39 heavy (non-hydrogen) atoms. The van der Waals surface area contributed by atoms with E-state index in [1.807, 2.05) is 59.0 Å². The van der Waals surface area contributed by atoms with Gasteiger partial charge in [-0.2, -0.15) is 0 Å². The molecule has 1 heterocycles. The fourth-order valence-corrected chi connectivity index (χ4v) is 3.34. The van der Waals surface area contributed by atoms with Gasteiger partial charge in [-0.15, -0.1) is 0 Å². The number of aliphatic imine (C=N–C) groups is 1. The summed E-state index contributed by atoms with van der Waals surface area (Å²) in [4.78, 5) is 14.8. The fourth-order valence-electron chi connectivity index (χ4n) is 3.34. The van der Waals surface area contributed by atoms with Gasteiger partial charge < -0.3 is 25.8 Å². The van der Waals surface area contributed by atoms with Crippen LogP contribution in [0.4, 0.5) is 0 Å². The Morgan fingerprint density at radius 2 is 1.97 bits per heavy atom. The van der Waals surface area contributed by atoms with E-state index in [4.69, 9.17) is 14.6 Å². The molecule has 1 aromatic carbocycles. The number of amides is 1. The molecule has 0 aromatic heterocycles. The predicted molar refractivity (Wildman–Crippen MR) is 168 cm³/mol. The lowest BCUT2D eigenvalue weighted by Gasteiger charge is -2.20. The summed E-state index contributed by atoms with van der Waals surface area (Å²) in [6.45, 7) is 23.6. The fraction of sp³-hybridized carbons (Fsp3) is 0.438. The Labute approximate surface area is 237 Å². The van der Waals surface area contributed by atoms with Gasteiger partial charge in [0.25, 0.3) is 0 Å². The van der Waals surface area contributed by atoms with Crippen LogP contribution in [0.5, 0.6) is 5.75 Å². The number of carbonyl (C=O) groups is 1. The summed E-state index contributed by atoms with van der Waals surface area (Å²) < 4.78 is 5.66. The number of nitrogens with two attached hydrogens (primary N) is 1. The van der Waals surface area contributed by atoms with Crippen LogP contribution in [0.25, 0.3) is 0 Å². The van der Waals surface area contributed by atoms with Gasteiger partial charge in [-0.1, -0.05) is 50.3 Å². The number of hydrogen-bond donors (Lipinski definition) is 3. The molecule has 0 fully saturated rings. The van der Waals surface area contributed by atoms with E-state index in [1.54, 1.807) is 6.08 Å². The number of aryl methyl sites for hydroxylation is 2. The first-order valence-corrected chi connectivity index (χ1v) is 13.5. The minimum absolute atomic E-state index is 0.215. The first-order valence-electron chi connectivity index (χ1n) is 13.5. The van der Waals surface area contributed by atoms with Crippen molar-refractivity contribution in [3.05, 3.63) is 89.6 Å². The van der Waals surface area contributed by atoms with Crippen LogP contribution >= 0.6 is 0 Å². The molecule has 1 aliphatic heterocycles. The van der Waals surface area contributed by atoms with Crippen molar-refractivity contribution in [3.8, 4) is 5.75 Å². The van der Waals surface area contributed by atoms with Gasteiger partial charge in [0.2, 0.25) is 6.41 Å². The molecule has 1 aromatic rings. The summed E-state index contributed by atoms with van der Waals surface area (Å²) in [5, 5.41) is 12.1. The van der Waals surface area contributed by atoms with Gasteiger partial charge in [-0.3, -0.25) is 9.79 Å². The largest absolute Gasteiger partial charge is 0.491 e. The van der Waals surface area contributed by atoms with E-state index in [2.05, 4.69) is 72.5 Å². The molecule has 0 saturated heterocycles. The molecule has 0 radical (unpaired) electrons. The zero-order valence-electron chi connectivity index (χ0n) is 25.2. The lowest BCUT2D eigenvalue weighted by molar-refractivity contribution is -0.106. The monoisotopic (exact) mass is 540 g/mol. The molecule has 7 heteroatoms. The number of primary amides is 1. The van der Waals surface area contributed by atoms with Crippen molar-refractivity contribution < 1.29 is 14.6 Å². The highest BCUT2D eigenvalue weighted by molar-refractivity contribution is 5.42. The molecule has 1 amide bonds. The van der Waals surface area contributed by atoms with Crippen LogP contribution in [0.15, 0.2) is 83.4 Å². The number of aliphatic hydroxyl groups is 1. The Morgan fingerprint density at radius 3 is 2.49 bits per heavy atom. The number of ether oxygens (including phenoxy) is 1.